The van der Waals surface area contributed by atoms with Gasteiger partial charge in [-0.2, -0.15) is 0 Å². The van der Waals surface area contributed by atoms with Gasteiger partial charge in [0.1, 0.15) is 29.5 Å². The number of aliphatic hydroxyl groups excluding tert-OH is 5. The minimum absolute atomic E-state index is 0.000339. The molecule has 1 saturated heterocycles. The minimum Gasteiger partial charge on any atom is -0.507 e. The quantitative estimate of drug-likeness (QED) is 0.0930. The van der Waals surface area contributed by atoms with Crippen molar-refractivity contribution in [2.75, 3.05) is 11.9 Å². The zero-order valence-electron chi connectivity index (χ0n) is 36.2. The number of anilines is 1. The van der Waals surface area contributed by atoms with E-state index in [0.29, 0.717) is 59.0 Å². The van der Waals surface area contributed by atoms with Gasteiger partial charge in [0.25, 0.3) is 5.79 Å². The molecular formula is C52H53N3O10. The van der Waals surface area contributed by atoms with Gasteiger partial charge < -0.3 is 50.4 Å². The van der Waals surface area contributed by atoms with Crippen LogP contribution in [0, 0.1) is 29.1 Å². The Hall–Kier alpha value is -4.89. The summed E-state index contributed by atoms with van der Waals surface area (Å²) in [4.78, 5) is 38.4. The lowest BCUT2D eigenvalue weighted by molar-refractivity contribution is -0.366. The van der Waals surface area contributed by atoms with Gasteiger partial charge in [-0.25, -0.2) is 4.98 Å². The number of phenols is 1. The van der Waals surface area contributed by atoms with Crippen LogP contribution in [-0.4, -0.2) is 101 Å². The van der Waals surface area contributed by atoms with E-state index in [4.69, 9.17) is 14.5 Å². The average Bonchev–Trinajstić information content (AvgIpc) is 4.07. The Morgan fingerprint density at radius 2 is 1.71 bits per heavy atom. The average molecular weight is 880 g/mol. The van der Waals surface area contributed by atoms with Crippen molar-refractivity contribution in [1.29, 1.82) is 0 Å². The molecule has 13 heteroatoms. The molecule has 2 aromatic heterocycles. The third-order valence-corrected chi connectivity index (χ3v) is 18.9. The predicted octanol–water partition coefficient (Wildman–Crippen LogP) is 5.78. The second-order valence-electron chi connectivity index (χ2n) is 21.8. The molecule has 11 atom stereocenters. The van der Waals surface area contributed by atoms with Crippen molar-refractivity contribution < 1.29 is 49.7 Å². The number of fused-ring (bicyclic) bond motifs is 5. The second kappa shape index (κ2) is 12.6. The minimum atomic E-state index is -2.38. The van der Waals surface area contributed by atoms with Gasteiger partial charge in [-0.15, -0.1) is 0 Å². The number of hydrogen-bond donors (Lipinski definition) is 8. The number of benzene rings is 2. The van der Waals surface area contributed by atoms with E-state index in [-0.39, 0.29) is 57.5 Å². The van der Waals surface area contributed by atoms with Gasteiger partial charge >= 0.3 is 0 Å². The van der Waals surface area contributed by atoms with E-state index >= 15 is 4.79 Å². The maximum absolute atomic E-state index is 15.0. The summed E-state index contributed by atoms with van der Waals surface area (Å²) >= 11 is 0. The van der Waals surface area contributed by atoms with E-state index in [9.17, 15) is 35.4 Å². The topological polar surface area (TPSA) is 215 Å². The lowest BCUT2D eigenvalue weighted by Gasteiger charge is -2.64. The summed E-state index contributed by atoms with van der Waals surface area (Å²) in [5.74, 6) is -3.77. The number of ketones is 2. The molecule has 11 aliphatic rings. The Kier molecular flexibility index (Phi) is 7.59. The largest absolute Gasteiger partial charge is 0.507 e. The molecule has 0 amide bonds. The van der Waals surface area contributed by atoms with Crippen molar-refractivity contribution in [3.63, 3.8) is 0 Å². The summed E-state index contributed by atoms with van der Waals surface area (Å²) < 4.78 is 14.5. The summed E-state index contributed by atoms with van der Waals surface area (Å²) in [6.45, 7) is 1.78. The number of aliphatic hydroxyl groups is 5. The highest BCUT2D eigenvalue weighted by Crippen LogP contribution is 2.75. The van der Waals surface area contributed by atoms with E-state index in [1.807, 2.05) is 6.20 Å². The fourth-order valence-corrected chi connectivity index (χ4v) is 16.3. The molecule has 7 aliphatic carbocycles. The van der Waals surface area contributed by atoms with Gasteiger partial charge in [-0.1, -0.05) is 18.4 Å². The van der Waals surface area contributed by atoms with E-state index in [0.717, 1.165) is 80.2 Å². The van der Waals surface area contributed by atoms with Crippen LogP contribution in [0.25, 0.3) is 16.3 Å². The molecule has 2 aromatic carbocycles. The first-order valence-corrected chi connectivity index (χ1v) is 23.9. The molecule has 65 heavy (non-hydrogen) atoms. The molecule has 336 valence electrons. The first kappa shape index (κ1) is 39.3. The smallest absolute Gasteiger partial charge is 0.261 e. The van der Waals surface area contributed by atoms with Crippen LogP contribution < -0.4 is 10.1 Å². The van der Waals surface area contributed by atoms with Crippen LogP contribution in [0.3, 0.4) is 0 Å². The van der Waals surface area contributed by atoms with Gasteiger partial charge in [-0.3, -0.25) is 9.59 Å². The van der Waals surface area contributed by atoms with Gasteiger partial charge in [0.05, 0.1) is 23.3 Å². The number of nitrogens with one attached hydrogen (secondary N) is 2. The molecule has 3 saturated carbocycles. The van der Waals surface area contributed by atoms with E-state index in [1.165, 1.54) is 6.07 Å². The van der Waals surface area contributed by atoms with Crippen LogP contribution in [0.5, 0.6) is 11.5 Å². The monoisotopic (exact) mass is 879 g/mol. The van der Waals surface area contributed by atoms with Gasteiger partial charge in [-0.05, 0) is 147 Å². The normalized spacial score (nSPS) is 38.9. The fraction of sp³-hybridized carbons (Fsp3) is 0.519. The van der Waals surface area contributed by atoms with Crippen LogP contribution in [0.2, 0.25) is 0 Å². The Morgan fingerprint density at radius 3 is 2.54 bits per heavy atom. The van der Waals surface area contributed by atoms with E-state index in [2.05, 4.69) is 10.3 Å². The van der Waals surface area contributed by atoms with Crippen molar-refractivity contribution in [3.05, 3.63) is 98.5 Å². The molecule has 0 radical (unpaired) electrons. The number of pyridine rings is 1. The summed E-state index contributed by atoms with van der Waals surface area (Å²) in [5, 5.41) is 80.9. The summed E-state index contributed by atoms with van der Waals surface area (Å²) in [7, 11) is 0. The SMILES string of the molecule is Cc1cc(O)c2c(c1)C(=O)c1c(c3cc4c(nccc14)NC[C@H](O)[C@@]14CC[C@H]5CCCc6c[nH]c(c6[C@@H]51)C1=C[C@@]5(O3)O[C@@]3(C1=C4C[C@@]1(CCC4(CCCC4)C1)[C@H]3O)[C@@H](O)[C@H](O)[C@H]5O)C2=O. The number of aromatic amines is 1. The van der Waals surface area contributed by atoms with Gasteiger partial charge in [0, 0.05) is 63.5 Å². The zero-order chi connectivity index (χ0) is 44.3. The van der Waals surface area contributed by atoms with Crippen LogP contribution in [-0.2, 0) is 11.2 Å². The van der Waals surface area contributed by atoms with E-state index < -0.39 is 64.3 Å². The summed E-state index contributed by atoms with van der Waals surface area (Å²) in [6.07, 6.45) is 8.25. The third-order valence-electron chi connectivity index (χ3n) is 18.9. The molecule has 8 N–H and O–H groups in total. The molecular weight excluding hydrogens is 827 g/mol. The van der Waals surface area contributed by atoms with Gasteiger partial charge in [0.2, 0.25) is 5.78 Å². The zero-order valence-corrected chi connectivity index (χ0v) is 36.2. The van der Waals surface area contributed by atoms with Crippen molar-refractivity contribution in [2.45, 2.75) is 138 Å². The lowest BCUT2D eigenvalue weighted by atomic mass is 9.50. The van der Waals surface area contributed by atoms with Crippen LogP contribution in [0.1, 0.15) is 137 Å². The molecule has 8 bridgehead atoms. The maximum Gasteiger partial charge on any atom is 0.261 e. The lowest BCUT2D eigenvalue weighted by Crippen LogP contribution is -2.78. The van der Waals surface area contributed by atoms with Crippen LogP contribution >= 0.6 is 0 Å². The van der Waals surface area contributed by atoms with E-state index in [1.54, 1.807) is 37.4 Å². The van der Waals surface area contributed by atoms with Crippen LogP contribution in [0.15, 0.2) is 53.9 Å². The Balaban J connectivity index is 1.11. The molecule has 13 nitrogen and oxygen atoms in total. The number of H-pyrrole nitrogens is 1. The van der Waals surface area contributed by atoms with Crippen molar-refractivity contribution in [3.8, 4) is 11.5 Å². The number of rotatable bonds is 0. The number of aromatic hydroxyl groups is 1. The Morgan fingerprint density at radius 1 is 0.877 bits per heavy atom. The first-order chi connectivity index (χ1) is 31.3. The van der Waals surface area contributed by atoms with Crippen molar-refractivity contribution in [1.82, 2.24) is 9.97 Å². The number of carbonyl (C=O) groups is 2. The standard InChI is InChI=1S/C52H53N3O10/c1-23-15-28-35(31(56)16-23)42(59)37-32-17-27-26(36(37)41(28)58)8-14-53-46(27)55-21-33(57)50-11-7-24-5-4-6-25-20-54-40(34(25)38(24)50)29-18-51(64-32)44(61)43(60)45(62)52(65-51)39(29)30(50)19-49(47(52)63)13-12-48(22-49)9-2-3-10-48/h8,14-18,20,24,33,38,43-45,47,54,56-57,60-63H,2-7,9-13,19,21-22H2,1H3,(H,53,55)/t24-,33+,38-,43-,44-,45+,47-,49-,50+,51-,52+/m1/s1. The second-order valence-corrected chi connectivity index (χ2v) is 21.8. The predicted molar refractivity (Wildman–Crippen MR) is 236 cm³/mol. The summed E-state index contributed by atoms with van der Waals surface area (Å²) in [5.41, 5.74) is 1.36. The molecule has 4 aromatic rings. The fourth-order valence-electron chi connectivity index (χ4n) is 16.3. The number of phenolic OH excluding ortho intramolecular Hbond substituents is 1. The van der Waals surface area contributed by atoms with Gasteiger partial charge in [0.15, 0.2) is 17.5 Å². The molecule has 4 fully saturated rings. The number of carbonyl (C=O) groups excluding carboxylic acids is 2. The molecule has 0 unspecified atom stereocenters. The Bertz CT molecular complexity index is 2950. The number of aromatic nitrogens is 2. The molecule has 15 rings (SSSR count). The number of nitrogens with zero attached hydrogens (tertiary/aromatic N) is 1. The van der Waals surface area contributed by atoms with Crippen molar-refractivity contribution >= 4 is 33.7 Å². The maximum atomic E-state index is 15.0. The summed E-state index contributed by atoms with van der Waals surface area (Å²) in [6, 6.07) is 6.21. The molecule has 5 spiro atoms. The highest BCUT2D eigenvalue weighted by atomic mass is 16.7. The first-order valence-electron chi connectivity index (χ1n) is 23.9. The highest BCUT2D eigenvalue weighted by Gasteiger charge is 2.76. The Labute approximate surface area is 374 Å². The third kappa shape index (κ3) is 4.54. The highest BCUT2D eigenvalue weighted by molar-refractivity contribution is 6.34. The number of ether oxygens (including phenoxy) is 2. The number of aryl methyl sites for hydroxylation is 2. The number of hydrogen-bond acceptors (Lipinski definition) is 12. The molecule has 4 aliphatic heterocycles. The molecule has 6 heterocycles. The van der Waals surface area contributed by atoms with Crippen LogP contribution in [0.4, 0.5) is 5.82 Å². The van der Waals surface area contributed by atoms with Crippen molar-refractivity contribution in [2.24, 2.45) is 22.2 Å².